The molecule has 0 aromatic heterocycles. The first-order chi connectivity index (χ1) is 11.1. The van der Waals surface area contributed by atoms with Gasteiger partial charge in [0, 0.05) is 5.92 Å². The van der Waals surface area contributed by atoms with Crippen molar-refractivity contribution in [2.24, 2.45) is 0 Å². The van der Waals surface area contributed by atoms with Crippen LogP contribution in [0, 0.1) is 0 Å². The lowest BCUT2D eigenvalue weighted by Gasteiger charge is -2.27. The van der Waals surface area contributed by atoms with Crippen molar-refractivity contribution in [3.8, 4) is 0 Å². The molecule has 1 unspecified atom stereocenters. The van der Waals surface area contributed by atoms with Gasteiger partial charge in [0.1, 0.15) is 0 Å². The fraction of sp³-hybridized carbons (Fsp3) is 0.182. The van der Waals surface area contributed by atoms with E-state index < -0.39 is 5.60 Å². The molecule has 0 fully saturated rings. The number of allylic oxidation sites excluding steroid dienone is 1. The van der Waals surface area contributed by atoms with Crippen molar-refractivity contribution in [2.45, 2.75) is 25.4 Å². The Kier molecular flexibility index (Phi) is 3.14. The third-order valence-electron chi connectivity index (χ3n) is 4.71. The lowest BCUT2D eigenvalue weighted by molar-refractivity contribution is 0.0792. The second kappa shape index (κ2) is 5.07. The zero-order valence-corrected chi connectivity index (χ0v) is 13.5. The van der Waals surface area contributed by atoms with Gasteiger partial charge < -0.3 is 5.11 Å². The van der Waals surface area contributed by atoms with Gasteiger partial charge in [0.2, 0.25) is 0 Å². The summed E-state index contributed by atoms with van der Waals surface area (Å²) < 4.78 is 0. The zero-order valence-electron chi connectivity index (χ0n) is 13.5. The monoisotopic (exact) mass is 300 g/mol. The van der Waals surface area contributed by atoms with Crippen molar-refractivity contribution in [1.82, 2.24) is 0 Å². The van der Waals surface area contributed by atoms with E-state index in [1.165, 1.54) is 22.1 Å². The highest BCUT2D eigenvalue weighted by Gasteiger charge is 2.28. The molecule has 1 heteroatoms. The Labute approximate surface area is 136 Å². The molecule has 1 nitrogen and oxygen atoms in total. The molecule has 3 aromatic carbocycles. The highest BCUT2D eigenvalue weighted by atomic mass is 16.3. The van der Waals surface area contributed by atoms with Crippen molar-refractivity contribution in [3.63, 3.8) is 0 Å². The third kappa shape index (κ3) is 2.29. The van der Waals surface area contributed by atoms with Gasteiger partial charge in [-0.25, -0.2) is 0 Å². The van der Waals surface area contributed by atoms with Crippen molar-refractivity contribution in [1.29, 1.82) is 0 Å². The summed E-state index contributed by atoms with van der Waals surface area (Å²) in [5, 5.41) is 13.2. The van der Waals surface area contributed by atoms with Crippen molar-refractivity contribution in [2.75, 3.05) is 0 Å². The molecule has 0 amide bonds. The molecule has 1 atom stereocenters. The number of hydrogen-bond donors (Lipinski definition) is 1. The summed E-state index contributed by atoms with van der Waals surface area (Å²) in [7, 11) is 0. The standard InChI is InChI=1S/C22H20O/c1-22(2,23)21-18-10-6-4-8-16(18)12-14-20(21)19-13-11-15-7-3-5-9-17(15)19/h3-14,19,23H,1-2H3. The van der Waals surface area contributed by atoms with Gasteiger partial charge in [0.15, 0.2) is 0 Å². The molecule has 0 heterocycles. The van der Waals surface area contributed by atoms with Crippen molar-refractivity contribution < 1.29 is 5.11 Å². The van der Waals surface area contributed by atoms with E-state index in [2.05, 4.69) is 60.7 Å². The lowest BCUT2D eigenvalue weighted by atomic mass is 9.81. The van der Waals surface area contributed by atoms with Crippen LogP contribution in [0.15, 0.2) is 66.7 Å². The van der Waals surface area contributed by atoms with Gasteiger partial charge in [-0.2, -0.15) is 0 Å². The number of fused-ring (bicyclic) bond motifs is 2. The molecule has 0 bridgehead atoms. The second-order valence-corrected chi connectivity index (χ2v) is 6.78. The Morgan fingerprint density at radius 2 is 1.57 bits per heavy atom. The number of benzene rings is 3. The molecule has 1 aliphatic carbocycles. The average molecular weight is 300 g/mol. The van der Waals surface area contributed by atoms with E-state index >= 15 is 0 Å². The van der Waals surface area contributed by atoms with Crippen LogP contribution in [0.25, 0.3) is 16.8 Å². The average Bonchev–Trinajstić information content (AvgIpc) is 2.96. The number of hydrogen-bond acceptors (Lipinski definition) is 1. The summed E-state index contributed by atoms with van der Waals surface area (Å²) in [5.74, 6) is 0.206. The van der Waals surface area contributed by atoms with Gasteiger partial charge in [-0.15, -0.1) is 0 Å². The minimum Gasteiger partial charge on any atom is -0.386 e. The fourth-order valence-corrected chi connectivity index (χ4v) is 3.75. The molecule has 1 aliphatic rings. The van der Waals surface area contributed by atoms with Gasteiger partial charge in [-0.05, 0) is 46.9 Å². The van der Waals surface area contributed by atoms with Crippen molar-refractivity contribution >= 4 is 16.8 Å². The van der Waals surface area contributed by atoms with E-state index in [0.29, 0.717) is 0 Å². The van der Waals surface area contributed by atoms with Crippen molar-refractivity contribution in [3.05, 3.63) is 89.0 Å². The number of aliphatic hydroxyl groups is 1. The SMILES string of the molecule is CC(C)(O)c1c(C2C=Cc3ccccc32)ccc2ccccc12. The summed E-state index contributed by atoms with van der Waals surface area (Å²) in [4.78, 5) is 0. The predicted molar refractivity (Wildman–Crippen MR) is 96.5 cm³/mol. The van der Waals surface area contributed by atoms with Crippen LogP contribution in [0.2, 0.25) is 0 Å². The fourth-order valence-electron chi connectivity index (χ4n) is 3.75. The molecule has 4 rings (SSSR count). The first kappa shape index (κ1) is 14.2. The Morgan fingerprint density at radius 3 is 2.39 bits per heavy atom. The zero-order chi connectivity index (χ0) is 16.0. The maximum atomic E-state index is 10.9. The molecule has 3 aromatic rings. The van der Waals surface area contributed by atoms with Crippen LogP contribution in [0.3, 0.4) is 0 Å². The molecule has 23 heavy (non-hydrogen) atoms. The highest BCUT2D eigenvalue weighted by molar-refractivity contribution is 5.88. The second-order valence-electron chi connectivity index (χ2n) is 6.78. The third-order valence-corrected chi connectivity index (χ3v) is 4.71. The summed E-state index contributed by atoms with van der Waals surface area (Å²) in [6.07, 6.45) is 4.42. The van der Waals surface area contributed by atoms with E-state index in [-0.39, 0.29) is 5.92 Å². The van der Waals surface area contributed by atoms with E-state index in [0.717, 1.165) is 10.9 Å². The Balaban J connectivity index is 2.00. The largest absolute Gasteiger partial charge is 0.386 e. The summed E-state index contributed by atoms with van der Waals surface area (Å²) in [5.41, 5.74) is 3.92. The van der Waals surface area contributed by atoms with Crippen LogP contribution in [-0.2, 0) is 5.60 Å². The molecule has 114 valence electrons. The molecule has 0 radical (unpaired) electrons. The molecule has 0 aliphatic heterocycles. The Hall–Kier alpha value is -2.38. The quantitative estimate of drug-likeness (QED) is 0.687. The topological polar surface area (TPSA) is 20.2 Å². The molecule has 1 N–H and O–H groups in total. The van der Waals surface area contributed by atoms with Gasteiger partial charge in [-0.3, -0.25) is 0 Å². The normalized spacial score (nSPS) is 16.7. The smallest absolute Gasteiger partial charge is 0.0849 e. The Bertz CT molecular complexity index is 913. The van der Waals surface area contributed by atoms with Gasteiger partial charge in [-0.1, -0.05) is 72.8 Å². The minimum absolute atomic E-state index is 0.206. The van der Waals surface area contributed by atoms with Crippen LogP contribution < -0.4 is 0 Å². The molecule has 0 saturated carbocycles. The van der Waals surface area contributed by atoms with Crippen LogP contribution in [0.5, 0.6) is 0 Å². The van der Waals surface area contributed by atoms with Crippen LogP contribution in [0.1, 0.15) is 42.0 Å². The predicted octanol–water partition coefficient (Wildman–Crippen LogP) is 5.23. The van der Waals surface area contributed by atoms with Crippen LogP contribution in [-0.4, -0.2) is 5.11 Å². The first-order valence-corrected chi connectivity index (χ1v) is 8.07. The van der Waals surface area contributed by atoms with Crippen LogP contribution >= 0.6 is 0 Å². The summed E-state index contributed by atoms with van der Waals surface area (Å²) >= 11 is 0. The molecule has 0 spiro atoms. The van der Waals surface area contributed by atoms with Gasteiger partial charge >= 0.3 is 0 Å². The molecular formula is C22H20O. The van der Waals surface area contributed by atoms with E-state index in [9.17, 15) is 5.11 Å². The van der Waals surface area contributed by atoms with Crippen LogP contribution in [0.4, 0.5) is 0 Å². The summed E-state index contributed by atoms with van der Waals surface area (Å²) in [6, 6.07) is 21.1. The number of rotatable bonds is 2. The summed E-state index contributed by atoms with van der Waals surface area (Å²) in [6.45, 7) is 3.76. The van der Waals surface area contributed by atoms with E-state index in [1.807, 2.05) is 26.0 Å². The molecular weight excluding hydrogens is 280 g/mol. The lowest BCUT2D eigenvalue weighted by Crippen LogP contribution is -2.20. The highest BCUT2D eigenvalue weighted by Crippen LogP contribution is 2.42. The Morgan fingerprint density at radius 1 is 0.826 bits per heavy atom. The van der Waals surface area contributed by atoms with Gasteiger partial charge in [0.05, 0.1) is 5.60 Å². The maximum absolute atomic E-state index is 10.9. The molecule has 0 saturated heterocycles. The minimum atomic E-state index is -0.887. The van der Waals surface area contributed by atoms with Gasteiger partial charge in [0.25, 0.3) is 0 Å². The van der Waals surface area contributed by atoms with E-state index in [1.54, 1.807) is 0 Å². The maximum Gasteiger partial charge on any atom is 0.0849 e. The van der Waals surface area contributed by atoms with E-state index in [4.69, 9.17) is 0 Å². The first-order valence-electron chi connectivity index (χ1n) is 8.07.